The highest BCUT2D eigenvalue weighted by molar-refractivity contribution is 5.77. The Morgan fingerprint density at radius 2 is 2.06 bits per heavy atom. The van der Waals surface area contributed by atoms with Crippen LogP contribution in [0.2, 0.25) is 0 Å². The number of nitrogens with zero attached hydrogens (tertiary/aromatic N) is 3. The van der Waals surface area contributed by atoms with Crippen LogP contribution in [0, 0.1) is 0 Å². The molecule has 84 valence electrons. The molecule has 2 aromatic heterocycles. The van der Waals surface area contributed by atoms with Gasteiger partial charge in [0.2, 0.25) is 0 Å². The maximum Gasteiger partial charge on any atom is 0.417 e. The Bertz CT molecular complexity index is 554. The normalized spacial score (nSPS) is 12.0. The van der Waals surface area contributed by atoms with Gasteiger partial charge in [0.05, 0.1) is 17.3 Å². The van der Waals surface area contributed by atoms with Gasteiger partial charge in [0, 0.05) is 11.9 Å². The smallest absolute Gasteiger partial charge is 0.252 e. The SMILES string of the molecule is C=C(C)n1ncc2ncc(C(F)(F)F)cc21. The molecule has 2 rings (SSSR count). The van der Waals surface area contributed by atoms with Crippen LogP contribution < -0.4 is 0 Å². The van der Waals surface area contributed by atoms with E-state index in [1.165, 1.54) is 10.9 Å². The molecule has 2 heterocycles. The fourth-order valence-electron chi connectivity index (χ4n) is 1.37. The van der Waals surface area contributed by atoms with Gasteiger partial charge in [-0.3, -0.25) is 4.98 Å². The monoisotopic (exact) mass is 227 g/mol. The van der Waals surface area contributed by atoms with E-state index < -0.39 is 11.7 Å². The van der Waals surface area contributed by atoms with Crippen molar-refractivity contribution >= 4 is 16.7 Å². The molecule has 0 aliphatic carbocycles. The number of rotatable bonds is 1. The van der Waals surface area contributed by atoms with Gasteiger partial charge in [-0.25, -0.2) is 4.68 Å². The van der Waals surface area contributed by atoms with E-state index in [9.17, 15) is 13.2 Å². The summed E-state index contributed by atoms with van der Waals surface area (Å²) >= 11 is 0. The van der Waals surface area contributed by atoms with E-state index in [-0.39, 0.29) is 0 Å². The van der Waals surface area contributed by atoms with E-state index in [0.29, 0.717) is 16.7 Å². The average Bonchev–Trinajstić information content (AvgIpc) is 2.58. The van der Waals surface area contributed by atoms with Gasteiger partial charge >= 0.3 is 6.18 Å². The van der Waals surface area contributed by atoms with Crippen molar-refractivity contribution in [3.63, 3.8) is 0 Å². The highest BCUT2D eigenvalue weighted by Crippen LogP contribution is 2.30. The van der Waals surface area contributed by atoms with Crippen molar-refractivity contribution < 1.29 is 13.2 Å². The van der Waals surface area contributed by atoms with Crippen LogP contribution in [-0.4, -0.2) is 14.8 Å². The van der Waals surface area contributed by atoms with Crippen LogP contribution >= 0.6 is 0 Å². The molecule has 0 N–H and O–H groups in total. The largest absolute Gasteiger partial charge is 0.417 e. The maximum atomic E-state index is 12.5. The van der Waals surface area contributed by atoms with E-state index >= 15 is 0 Å². The lowest BCUT2D eigenvalue weighted by Crippen LogP contribution is -2.06. The third-order valence-electron chi connectivity index (χ3n) is 2.11. The summed E-state index contributed by atoms with van der Waals surface area (Å²) in [6, 6.07) is 1.02. The number of pyridine rings is 1. The molecule has 0 aromatic carbocycles. The molecule has 0 fully saturated rings. The van der Waals surface area contributed by atoms with Crippen LogP contribution in [0.15, 0.2) is 25.0 Å². The summed E-state index contributed by atoms with van der Waals surface area (Å²) in [4.78, 5) is 3.71. The lowest BCUT2D eigenvalue weighted by molar-refractivity contribution is -0.137. The summed E-state index contributed by atoms with van der Waals surface area (Å²) < 4.78 is 38.7. The van der Waals surface area contributed by atoms with Crippen LogP contribution in [0.3, 0.4) is 0 Å². The van der Waals surface area contributed by atoms with Crippen LogP contribution in [0.4, 0.5) is 13.2 Å². The van der Waals surface area contributed by atoms with Gasteiger partial charge in [0.15, 0.2) is 0 Å². The molecule has 0 saturated carbocycles. The first-order valence-corrected chi connectivity index (χ1v) is 4.46. The highest BCUT2D eigenvalue weighted by atomic mass is 19.4. The molecule has 0 bridgehead atoms. The molecular formula is C10H8F3N3. The second-order valence-corrected chi connectivity index (χ2v) is 3.42. The fraction of sp³-hybridized carbons (Fsp3) is 0.200. The number of alkyl halides is 3. The Kier molecular flexibility index (Phi) is 2.22. The first-order valence-electron chi connectivity index (χ1n) is 4.46. The van der Waals surface area contributed by atoms with Crippen molar-refractivity contribution in [2.75, 3.05) is 0 Å². The van der Waals surface area contributed by atoms with Crippen LogP contribution in [0.5, 0.6) is 0 Å². The lowest BCUT2D eigenvalue weighted by Gasteiger charge is -2.06. The van der Waals surface area contributed by atoms with E-state index in [1.807, 2.05) is 0 Å². The second-order valence-electron chi connectivity index (χ2n) is 3.42. The van der Waals surface area contributed by atoms with Crippen LogP contribution in [0.1, 0.15) is 12.5 Å². The highest BCUT2D eigenvalue weighted by Gasteiger charge is 2.31. The van der Waals surface area contributed by atoms with E-state index in [4.69, 9.17) is 0 Å². The molecule has 0 radical (unpaired) electrons. The van der Waals surface area contributed by atoms with Crippen LogP contribution in [0.25, 0.3) is 16.7 Å². The van der Waals surface area contributed by atoms with Crippen molar-refractivity contribution in [1.29, 1.82) is 0 Å². The van der Waals surface area contributed by atoms with E-state index in [1.54, 1.807) is 6.92 Å². The van der Waals surface area contributed by atoms with Crippen molar-refractivity contribution in [1.82, 2.24) is 14.8 Å². The minimum atomic E-state index is -4.40. The summed E-state index contributed by atoms with van der Waals surface area (Å²) in [6.07, 6.45) is -2.19. The van der Waals surface area contributed by atoms with Crippen molar-refractivity contribution in [2.45, 2.75) is 13.1 Å². The molecule has 0 unspecified atom stereocenters. The van der Waals surface area contributed by atoms with Crippen molar-refractivity contribution in [3.8, 4) is 0 Å². The second kappa shape index (κ2) is 3.33. The van der Waals surface area contributed by atoms with Crippen molar-refractivity contribution in [3.05, 3.63) is 30.6 Å². The van der Waals surface area contributed by atoms with Crippen LogP contribution in [-0.2, 0) is 6.18 Å². The molecule has 2 aromatic rings. The van der Waals surface area contributed by atoms with Crippen molar-refractivity contribution in [2.24, 2.45) is 0 Å². The third-order valence-corrected chi connectivity index (χ3v) is 2.11. The quantitative estimate of drug-likeness (QED) is 0.749. The number of allylic oxidation sites excluding steroid dienone is 1. The molecule has 0 amide bonds. The van der Waals surface area contributed by atoms with Gasteiger partial charge in [-0.15, -0.1) is 0 Å². The predicted molar refractivity (Wildman–Crippen MR) is 53.5 cm³/mol. The topological polar surface area (TPSA) is 30.7 Å². The molecule has 16 heavy (non-hydrogen) atoms. The standard InChI is InChI=1S/C10H8F3N3/c1-6(2)16-9-3-7(10(11,12)13)4-14-8(9)5-15-16/h3-5H,1H2,2H3. The minimum absolute atomic E-state index is 0.308. The Morgan fingerprint density at radius 1 is 1.38 bits per heavy atom. The van der Waals surface area contributed by atoms with E-state index in [2.05, 4.69) is 16.7 Å². The molecule has 0 spiro atoms. The molecule has 6 heteroatoms. The van der Waals surface area contributed by atoms with Gasteiger partial charge in [-0.05, 0) is 13.0 Å². The molecule has 3 nitrogen and oxygen atoms in total. The number of aromatic nitrogens is 3. The molecule has 0 saturated heterocycles. The summed E-state index contributed by atoms with van der Waals surface area (Å²) in [5.74, 6) is 0. The first kappa shape index (κ1) is 10.7. The zero-order valence-corrected chi connectivity index (χ0v) is 8.41. The molecule has 0 aliphatic rings. The molecular weight excluding hydrogens is 219 g/mol. The first-order chi connectivity index (χ1) is 7.39. The molecule has 0 atom stereocenters. The number of hydrogen-bond acceptors (Lipinski definition) is 2. The van der Waals surface area contributed by atoms with Gasteiger partial charge in [0.1, 0.15) is 5.52 Å². The summed E-state index contributed by atoms with van der Waals surface area (Å²) in [7, 11) is 0. The Labute approximate surface area is 89.2 Å². The van der Waals surface area contributed by atoms with Gasteiger partial charge in [0.25, 0.3) is 0 Å². The average molecular weight is 227 g/mol. The number of fused-ring (bicyclic) bond motifs is 1. The van der Waals surface area contributed by atoms with Gasteiger partial charge < -0.3 is 0 Å². The number of hydrogen-bond donors (Lipinski definition) is 0. The van der Waals surface area contributed by atoms with E-state index in [0.717, 1.165) is 12.3 Å². The lowest BCUT2D eigenvalue weighted by atomic mass is 10.2. The predicted octanol–water partition coefficient (Wildman–Crippen LogP) is 2.94. The number of halogens is 3. The Balaban J connectivity index is 2.68. The molecule has 0 aliphatic heterocycles. The zero-order chi connectivity index (χ0) is 11.9. The summed E-state index contributed by atoms with van der Waals surface area (Å²) in [6.45, 7) is 5.29. The minimum Gasteiger partial charge on any atom is -0.252 e. The Morgan fingerprint density at radius 3 is 2.62 bits per heavy atom. The zero-order valence-electron chi connectivity index (χ0n) is 8.41. The Hall–Kier alpha value is -1.85. The third kappa shape index (κ3) is 1.66. The maximum absolute atomic E-state index is 12.5. The summed E-state index contributed by atoms with van der Waals surface area (Å²) in [5, 5.41) is 3.91. The van der Waals surface area contributed by atoms with Gasteiger partial charge in [-0.1, -0.05) is 6.58 Å². The summed E-state index contributed by atoms with van der Waals surface area (Å²) in [5.41, 5.74) is 0.470. The fourth-order valence-corrected chi connectivity index (χ4v) is 1.37. The van der Waals surface area contributed by atoms with Gasteiger partial charge in [-0.2, -0.15) is 18.3 Å².